The van der Waals surface area contributed by atoms with E-state index < -0.39 is 0 Å². The molecule has 134 valence electrons. The quantitative estimate of drug-likeness (QED) is 0.371. The summed E-state index contributed by atoms with van der Waals surface area (Å²) in [5, 5.41) is 0. The maximum atomic E-state index is 3.40. The van der Waals surface area contributed by atoms with Gasteiger partial charge in [-0.3, -0.25) is 4.90 Å². The lowest BCUT2D eigenvalue weighted by atomic mass is 10.3. The van der Waals surface area contributed by atoms with E-state index in [-0.39, 0.29) is 0 Å². The molecule has 3 aromatic rings. The first kappa shape index (κ1) is 16.9. The minimum absolute atomic E-state index is 1.02. The van der Waals surface area contributed by atoms with Gasteiger partial charge in [0.1, 0.15) is 0 Å². The fourth-order valence-corrected chi connectivity index (χ4v) is 3.50. The number of hydrogen-bond donors (Lipinski definition) is 0. The fraction of sp³-hybridized carbons (Fsp3) is 0.318. The number of hydrogen-bond acceptors (Lipinski definition) is 2. The number of benzene rings is 2. The topological polar surface area (TPSA) is 15.3 Å². The lowest BCUT2D eigenvalue weighted by Gasteiger charge is -2.19. The van der Waals surface area contributed by atoms with Crippen LogP contribution in [-0.2, 0) is 6.54 Å². The van der Waals surface area contributed by atoms with E-state index in [2.05, 4.69) is 92.3 Å². The summed E-state index contributed by atoms with van der Waals surface area (Å²) < 4.78 is 4.21. The van der Waals surface area contributed by atoms with E-state index >= 15 is 0 Å². The lowest BCUT2D eigenvalue weighted by Crippen LogP contribution is -2.28. The predicted molar refractivity (Wildman–Crippen MR) is 104 cm³/mol. The number of rotatable bonds is 7. The largest absolute Gasteiger partial charge is 0.357 e. The van der Waals surface area contributed by atoms with Gasteiger partial charge in [0.15, 0.2) is 0 Å². The molecule has 0 aliphatic carbocycles. The summed E-state index contributed by atoms with van der Waals surface area (Å²) in [5.41, 5.74) is 2.49. The van der Waals surface area contributed by atoms with E-state index in [1.165, 1.54) is 31.6 Å². The Labute approximate surface area is 155 Å². The van der Waals surface area contributed by atoms with Crippen LogP contribution in [0.2, 0.25) is 0 Å². The molecular weight excluding hydrogens is 320 g/mol. The molecule has 2 aromatic carbocycles. The first-order chi connectivity index (χ1) is 12.9. The van der Waals surface area contributed by atoms with Crippen molar-refractivity contribution in [1.82, 2.24) is 9.47 Å². The molecule has 1 aliphatic heterocycles. The summed E-state index contributed by atoms with van der Waals surface area (Å²) >= 11 is 0. The highest BCUT2D eigenvalue weighted by molar-refractivity contribution is 5.46. The van der Waals surface area contributed by atoms with E-state index in [4.69, 9.17) is 0 Å². The van der Waals surface area contributed by atoms with Crippen molar-refractivity contribution in [1.29, 1.82) is 0 Å². The van der Waals surface area contributed by atoms with Crippen molar-refractivity contribution in [3.05, 3.63) is 79.4 Å². The first-order valence-corrected chi connectivity index (χ1v) is 9.46. The van der Waals surface area contributed by atoms with Gasteiger partial charge in [0.2, 0.25) is 6.33 Å². The van der Waals surface area contributed by atoms with Crippen molar-refractivity contribution in [2.45, 2.75) is 19.4 Å². The third kappa shape index (κ3) is 4.14. The summed E-state index contributed by atoms with van der Waals surface area (Å²) in [5.74, 6) is 0. The van der Waals surface area contributed by atoms with Gasteiger partial charge < -0.3 is 14.0 Å². The molecule has 1 fully saturated rings. The van der Waals surface area contributed by atoms with Crippen LogP contribution in [0.15, 0.2) is 73.1 Å². The molecule has 0 radical (unpaired) electrons. The van der Waals surface area contributed by atoms with E-state index in [0.29, 0.717) is 0 Å². The van der Waals surface area contributed by atoms with Crippen molar-refractivity contribution in [2.75, 3.05) is 31.2 Å². The Morgan fingerprint density at radius 1 is 0.846 bits per heavy atom. The van der Waals surface area contributed by atoms with Crippen LogP contribution in [-0.4, -0.2) is 35.8 Å². The van der Waals surface area contributed by atoms with Gasteiger partial charge in [-0.05, 0) is 25.0 Å². The second-order valence-electron chi connectivity index (χ2n) is 6.86. The highest BCUT2D eigenvalue weighted by Gasteiger charge is 2.19. The van der Waals surface area contributed by atoms with Gasteiger partial charge in [-0.15, -0.1) is 0 Å². The van der Waals surface area contributed by atoms with Gasteiger partial charge in [-0.1, -0.05) is 48.5 Å². The molecule has 0 bridgehead atoms. The second kappa shape index (κ2) is 8.19. The molecule has 0 unspecified atom stereocenters. The van der Waals surface area contributed by atoms with Crippen LogP contribution in [0.4, 0.5) is 5.69 Å². The third-order valence-corrected chi connectivity index (χ3v) is 4.97. The van der Waals surface area contributed by atoms with E-state index in [1.54, 1.807) is 0 Å². The molecule has 0 amide bonds. The molecule has 1 aliphatic rings. The maximum Gasteiger partial charge on any atom is 0.243 e. The number of aryl methyl sites for hydroxylation is 1. The van der Waals surface area contributed by atoms with Gasteiger partial charge in [-0.25, -0.2) is 0 Å². The monoisotopic (exact) mass is 346 g/mol. The van der Waals surface area contributed by atoms with E-state index in [0.717, 1.165) is 25.4 Å². The van der Waals surface area contributed by atoms with Crippen LogP contribution in [0.5, 0.6) is 0 Å². The average Bonchev–Trinajstić information content (AvgIpc) is 3.37. The highest BCUT2D eigenvalue weighted by Crippen LogP contribution is 2.17. The minimum atomic E-state index is 1.02. The normalized spacial score (nSPS) is 14.8. The molecule has 0 spiro atoms. The standard InChI is InChI=1S/C22H26N4/c1-3-9-21(10-4-1)25-17-15-23(19-25)13-7-8-14-24-16-18-26(20-24)22-11-5-2-6-12-22/h1-6,9-12,15,17H,7-8,13-14,16,18,20H2. The average molecular weight is 346 g/mol. The Kier molecular flexibility index (Phi) is 5.31. The summed E-state index contributed by atoms with van der Waals surface area (Å²) in [6, 6.07) is 21.1. The molecule has 1 saturated heterocycles. The zero-order valence-electron chi connectivity index (χ0n) is 15.2. The number of imidazole rings is 1. The zero-order valence-corrected chi connectivity index (χ0v) is 15.2. The Morgan fingerprint density at radius 3 is 2.38 bits per heavy atom. The molecule has 1 aromatic heterocycles. The molecule has 0 N–H and O–H groups in total. The number of para-hydroxylation sites is 2. The van der Waals surface area contributed by atoms with Gasteiger partial charge in [0.25, 0.3) is 0 Å². The molecule has 4 rings (SSSR count). The van der Waals surface area contributed by atoms with Crippen LogP contribution < -0.4 is 9.47 Å². The fourth-order valence-electron chi connectivity index (χ4n) is 3.50. The summed E-state index contributed by atoms with van der Waals surface area (Å²) in [4.78, 5) is 5.01. The van der Waals surface area contributed by atoms with Crippen LogP contribution in [0.3, 0.4) is 0 Å². The molecule has 4 heteroatoms. The Morgan fingerprint density at radius 2 is 1.58 bits per heavy atom. The van der Waals surface area contributed by atoms with Gasteiger partial charge in [0, 0.05) is 37.7 Å². The lowest BCUT2D eigenvalue weighted by molar-refractivity contribution is -0.599. The molecule has 0 saturated carbocycles. The SMILES string of the molecule is [c-]1n(CCCCN2CCN(c3ccccc3)C2)cc[n+]1-c1ccccc1. The smallest absolute Gasteiger partial charge is 0.243 e. The van der Waals surface area contributed by atoms with Crippen molar-refractivity contribution in [2.24, 2.45) is 0 Å². The zero-order chi connectivity index (χ0) is 17.6. The number of nitrogens with zero attached hydrogens (tertiary/aromatic N) is 4. The molecule has 2 heterocycles. The number of aromatic nitrogens is 2. The second-order valence-corrected chi connectivity index (χ2v) is 6.86. The van der Waals surface area contributed by atoms with Crippen LogP contribution in [0, 0.1) is 6.33 Å². The van der Waals surface area contributed by atoms with Gasteiger partial charge in [-0.2, -0.15) is 0 Å². The summed E-state index contributed by atoms with van der Waals surface area (Å²) in [6.07, 6.45) is 9.99. The predicted octanol–water partition coefficient (Wildman–Crippen LogP) is 3.12. The van der Waals surface area contributed by atoms with Crippen LogP contribution in [0.25, 0.3) is 5.69 Å². The van der Waals surface area contributed by atoms with Crippen LogP contribution >= 0.6 is 0 Å². The Balaban J connectivity index is 1.20. The number of unbranched alkanes of at least 4 members (excludes halogenated alkanes) is 1. The van der Waals surface area contributed by atoms with Gasteiger partial charge in [0.05, 0.1) is 18.9 Å². The number of anilines is 1. The van der Waals surface area contributed by atoms with E-state index in [1.807, 2.05) is 6.07 Å². The molecular formula is C22H26N4. The van der Waals surface area contributed by atoms with Crippen LogP contribution in [0.1, 0.15) is 12.8 Å². The minimum Gasteiger partial charge on any atom is -0.357 e. The summed E-state index contributed by atoms with van der Waals surface area (Å²) in [7, 11) is 0. The first-order valence-electron chi connectivity index (χ1n) is 9.46. The highest BCUT2D eigenvalue weighted by atomic mass is 15.4. The van der Waals surface area contributed by atoms with Gasteiger partial charge >= 0.3 is 0 Å². The molecule has 0 atom stereocenters. The van der Waals surface area contributed by atoms with Crippen molar-refractivity contribution < 1.29 is 4.57 Å². The van der Waals surface area contributed by atoms with Crippen molar-refractivity contribution in [3.63, 3.8) is 0 Å². The van der Waals surface area contributed by atoms with Crippen molar-refractivity contribution >= 4 is 5.69 Å². The Hall–Kier alpha value is -2.59. The Bertz CT molecular complexity index is 797. The maximum absolute atomic E-state index is 3.40. The van der Waals surface area contributed by atoms with Crippen molar-refractivity contribution in [3.8, 4) is 5.69 Å². The van der Waals surface area contributed by atoms with E-state index in [9.17, 15) is 0 Å². The third-order valence-electron chi connectivity index (χ3n) is 4.97. The molecule has 26 heavy (non-hydrogen) atoms. The molecule has 4 nitrogen and oxygen atoms in total. The summed E-state index contributed by atoms with van der Waals surface area (Å²) in [6.45, 7) is 5.54.